The lowest BCUT2D eigenvalue weighted by molar-refractivity contribution is -0.163. The van der Waals surface area contributed by atoms with Crippen LogP contribution in [0, 0.1) is 11.3 Å². The number of nitrogens with zero attached hydrogens (tertiary/aromatic N) is 1. The summed E-state index contributed by atoms with van der Waals surface area (Å²) in [5.74, 6) is 0.543. The third-order valence-electron chi connectivity index (χ3n) is 6.06. The van der Waals surface area contributed by atoms with Gasteiger partial charge in [0.1, 0.15) is 0 Å². The molecule has 1 aromatic rings. The molecule has 108 valence electrons. The summed E-state index contributed by atoms with van der Waals surface area (Å²) in [5, 5.41) is 0. The lowest BCUT2D eigenvalue weighted by Crippen LogP contribution is -2.77. The van der Waals surface area contributed by atoms with Gasteiger partial charge >= 0.3 is 0 Å². The summed E-state index contributed by atoms with van der Waals surface area (Å²) in [6, 6.07) is 8.75. The van der Waals surface area contributed by atoms with Gasteiger partial charge in [0.25, 0.3) is 0 Å². The fourth-order valence-corrected chi connectivity index (χ4v) is 4.68. The van der Waals surface area contributed by atoms with E-state index in [2.05, 4.69) is 43.0 Å². The van der Waals surface area contributed by atoms with E-state index in [1.165, 1.54) is 11.1 Å². The number of hydrogen-bond acceptors (Lipinski definition) is 3. The summed E-state index contributed by atoms with van der Waals surface area (Å²) >= 11 is 0. The van der Waals surface area contributed by atoms with Crippen LogP contribution < -0.4 is 5.73 Å². The van der Waals surface area contributed by atoms with Crippen molar-refractivity contribution in [3.8, 4) is 0 Å². The molecule has 2 N–H and O–H groups in total. The molecule has 1 saturated heterocycles. The molecule has 3 heteroatoms. The maximum atomic E-state index is 6.86. The van der Waals surface area contributed by atoms with E-state index in [0.29, 0.717) is 12.0 Å². The first-order valence-electron chi connectivity index (χ1n) is 7.72. The van der Waals surface area contributed by atoms with Gasteiger partial charge in [0.05, 0.1) is 6.10 Å². The maximum absolute atomic E-state index is 6.86. The van der Waals surface area contributed by atoms with Gasteiger partial charge in [0, 0.05) is 43.1 Å². The van der Waals surface area contributed by atoms with Crippen molar-refractivity contribution in [1.82, 2.24) is 4.90 Å². The Kier molecular flexibility index (Phi) is 2.60. The van der Waals surface area contributed by atoms with Gasteiger partial charge in [-0.25, -0.2) is 0 Å². The van der Waals surface area contributed by atoms with Gasteiger partial charge in [-0.1, -0.05) is 38.1 Å². The highest BCUT2D eigenvalue weighted by molar-refractivity contribution is 5.31. The molecule has 2 aliphatic heterocycles. The van der Waals surface area contributed by atoms with Crippen LogP contribution in [-0.2, 0) is 17.8 Å². The van der Waals surface area contributed by atoms with Crippen LogP contribution in [0.15, 0.2) is 24.3 Å². The molecular weight excluding hydrogens is 248 g/mol. The average molecular weight is 272 g/mol. The Labute approximate surface area is 121 Å². The second-order valence-electron chi connectivity index (χ2n) is 7.36. The highest BCUT2D eigenvalue weighted by atomic mass is 16.5. The Morgan fingerprint density at radius 1 is 1.25 bits per heavy atom. The van der Waals surface area contributed by atoms with Crippen molar-refractivity contribution in [3.63, 3.8) is 0 Å². The van der Waals surface area contributed by atoms with Crippen molar-refractivity contribution < 1.29 is 4.74 Å². The fourth-order valence-electron chi connectivity index (χ4n) is 4.68. The van der Waals surface area contributed by atoms with Crippen LogP contribution in [0.2, 0.25) is 0 Å². The van der Waals surface area contributed by atoms with Crippen molar-refractivity contribution in [3.05, 3.63) is 35.4 Å². The molecule has 1 saturated carbocycles. The molecule has 4 rings (SSSR count). The van der Waals surface area contributed by atoms with E-state index in [4.69, 9.17) is 10.5 Å². The molecule has 3 unspecified atom stereocenters. The summed E-state index contributed by atoms with van der Waals surface area (Å²) in [5.41, 5.74) is 9.77. The zero-order valence-corrected chi connectivity index (χ0v) is 12.4. The molecule has 3 atom stereocenters. The van der Waals surface area contributed by atoms with Crippen LogP contribution in [0.3, 0.4) is 0 Å². The first kappa shape index (κ1) is 12.8. The van der Waals surface area contributed by atoms with Crippen LogP contribution >= 0.6 is 0 Å². The first-order valence-corrected chi connectivity index (χ1v) is 7.72. The lowest BCUT2D eigenvalue weighted by Gasteiger charge is -2.63. The zero-order chi connectivity index (χ0) is 14.0. The second-order valence-corrected chi connectivity index (χ2v) is 7.36. The quantitative estimate of drug-likeness (QED) is 0.896. The third kappa shape index (κ3) is 1.51. The minimum Gasteiger partial charge on any atom is -0.377 e. The molecule has 3 aliphatic rings. The summed E-state index contributed by atoms with van der Waals surface area (Å²) in [6.45, 7) is 8.52. The van der Waals surface area contributed by atoms with Gasteiger partial charge in [-0.15, -0.1) is 0 Å². The Hall–Kier alpha value is -0.900. The number of benzene rings is 1. The largest absolute Gasteiger partial charge is 0.377 e. The van der Waals surface area contributed by atoms with Gasteiger partial charge in [-0.2, -0.15) is 0 Å². The minimum absolute atomic E-state index is 0.0863. The van der Waals surface area contributed by atoms with E-state index in [0.717, 1.165) is 32.7 Å². The van der Waals surface area contributed by atoms with E-state index >= 15 is 0 Å². The molecule has 2 fully saturated rings. The topological polar surface area (TPSA) is 38.5 Å². The Morgan fingerprint density at radius 2 is 1.90 bits per heavy atom. The molecular formula is C17H24N2O. The van der Waals surface area contributed by atoms with Crippen molar-refractivity contribution in [2.24, 2.45) is 17.1 Å². The summed E-state index contributed by atoms with van der Waals surface area (Å²) in [7, 11) is 0. The normalized spacial score (nSPS) is 38.4. The van der Waals surface area contributed by atoms with Gasteiger partial charge in [-0.3, -0.25) is 4.90 Å². The molecule has 20 heavy (non-hydrogen) atoms. The van der Waals surface area contributed by atoms with Crippen LogP contribution in [0.4, 0.5) is 0 Å². The molecule has 1 aliphatic carbocycles. The van der Waals surface area contributed by atoms with E-state index in [9.17, 15) is 0 Å². The molecule has 0 aromatic heterocycles. The number of nitrogens with two attached hydrogens (primary N) is 1. The summed E-state index contributed by atoms with van der Waals surface area (Å²) in [4.78, 5) is 2.51. The maximum Gasteiger partial charge on any atom is 0.0691 e. The minimum atomic E-state index is -0.101. The van der Waals surface area contributed by atoms with Crippen LogP contribution in [0.1, 0.15) is 31.4 Å². The van der Waals surface area contributed by atoms with Gasteiger partial charge < -0.3 is 10.5 Å². The number of rotatable bonds is 2. The fraction of sp³-hybridized carbons (Fsp3) is 0.647. The standard InChI is InChI=1S/C17H24N2O/c1-16(2)15-14(7-8-20-15)17(16,18)11-19-9-12-5-3-4-6-13(12)10-19/h3-6,14-15H,7-11,18H2,1-2H3. The van der Waals surface area contributed by atoms with Crippen LogP contribution in [0.5, 0.6) is 0 Å². The van der Waals surface area contributed by atoms with Crippen molar-refractivity contribution in [2.45, 2.75) is 45.0 Å². The number of hydrogen-bond donors (Lipinski definition) is 1. The van der Waals surface area contributed by atoms with Crippen molar-refractivity contribution in [2.75, 3.05) is 13.2 Å². The van der Waals surface area contributed by atoms with Gasteiger partial charge in [0.2, 0.25) is 0 Å². The molecule has 3 nitrogen and oxygen atoms in total. The SMILES string of the molecule is CC1(C)C2OCCC2C1(N)CN1Cc2ccccc2C1. The number of fused-ring (bicyclic) bond motifs is 2. The zero-order valence-electron chi connectivity index (χ0n) is 12.4. The van der Waals surface area contributed by atoms with E-state index in [1.54, 1.807) is 0 Å². The molecule has 0 bridgehead atoms. The Balaban J connectivity index is 1.53. The average Bonchev–Trinajstić information content (AvgIpc) is 3.03. The number of ether oxygens (including phenoxy) is 1. The smallest absolute Gasteiger partial charge is 0.0691 e. The molecule has 0 amide bonds. The van der Waals surface area contributed by atoms with E-state index in [-0.39, 0.29) is 11.0 Å². The second kappa shape index (κ2) is 4.06. The van der Waals surface area contributed by atoms with Crippen LogP contribution in [0.25, 0.3) is 0 Å². The highest BCUT2D eigenvalue weighted by Crippen LogP contribution is 2.58. The van der Waals surface area contributed by atoms with E-state index in [1.807, 2.05) is 0 Å². The predicted molar refractivity (Wildman–Crippen MR) is 79.1 cm³/mol. The highest BCUT2D eigenvalue weighted by Gasteiger charge is 2.67. The monoisotopic (exact) mass is 272 g/mol. The lowest BCUT2D eigenvalue weighted by atomic mass is 9.48. The van der Waals surface area contributed by atoms with Crippen LogP contribution in [-0.4, -0.2) is 29.7 Å². The molecule has 0 spiro atoms. The van der Waals surface area contributed by atoms with Crippen molar-refractivity contribution in [1.29, 1.82) is 0 Å². The molecule has 0 radical (unpaired) electrons. The van der Waals surface area contributed by atoms with Gasteiger partial charge in [-0.05, 0) is 17.5 Å². The Bertz CT molecular complexity index is 517. The predicted octanol–water partition coefficient (Wildman–Crippen LogP) is 2.14. The van der Waals surface area contributed by atoms with Crippen molar-refractivity contribution >= 4 is 0 Å². The molecule has 1 aromatic carbocycles. The van der Waals surface area contributed by atoms with E-state index < -0.39 is 0 Å². The Morgan fingerprint density at radius 3 is 2.55 bits per heavy atom. The summed E-state index contributed by atoms with van der Waals surface area (Å²) < 4.78 is 5.89. The third-order valence-corrected chi connectivity index (χ3v) is 6.06. The summed E-state index contributed by atoms with van der Waals surface area (Å²) in [6.07, 6.45) is 1.50. The molecule has 2 heterocycles. The first-order chi connectivity index (χ1) is 9.52. The van der Waals surface area contributed by atoms with Gasteiger partial charge in [0.15, 0.2) is 0 Å².